The number of hydrogen-bond acceptors (Lipinski definition) is 5. The van der Waals surface area contributed by atoms with Crippen LogP contribution in [-0.4, -0.2) is 36.1 Å². The first-order valence-corrected chi connectivity index (χ1v) is 7.78. The monoisotopic (exact) mass is 327 g/mol. The Hall–Kier alpha value is -2.47. The number of carbonyl (C=O) groups excluding carboxylic acids is 3. The van der Waals surface area contributed by atoms with Gasteiger partial charge in [-0.25, -0.2) is 9.69 Å². The minimum atomic E-state index is -0.791. The summed E-state index contributed by atoms with van der Waals surface area (Å²) in [6, 6.07) is 6.48. The number of esters is 1. The van der Waals surface area contributed by atoms with Gasteiger partial charge in [0, 0.05) is 0 Å². The summed E-state index contributed by atoms with van der Waals surface area (Å²) in [5.74, 6) is -2.41. The molecule has 2 fully saturated rings. The van der Waals surface area contributed by atoms with Crippen molar-refractivity contribution in [3.05, 3.63) is 42.0 Å². The number of carbonyl (C=O) groups is 3. The van der Waals surface area contributed by atoms with Crippen LogP contribution >= 0.6 is 0 Å². The molecule has 3 heterocycles. The highest BCUT2D eigenvalue weighted by Gasteiger charge is 2.70. The number of hydrogen-bond donors (Lipinski definition) is 0. The van der Waals surface area contributed by atoms with E-state index in [0.29, 0.717) is 0 Å². The molecule has 124 valence electrons. The van der Waals surface area contributed by atoms with Gasteiger partial charge >= 0.3 is 5.97 Å². The van der Waals surface area contributed by atoms with Crippen molar-refractivity contribution in [1.82, 2.24) is 0 Å². The summed E-state index contributed by atoms with van der Waals surface area (Å²) in [4.78, 5) is 39.2. The summed E-state index contributed by atoms with van der Waals surface area (Å²) in [5, 5.41) is 0. The molecule has 0 saturated carbocycles. The second kappa shape index (κ2) is 4.54. The molecule has 0 aliphatic carbocycles. The minimum absolute atomic E-state index is 0.193. The van der Waals surface area contributed by atoms with Crippen LogP contribution in [0.15, 0.2) is 36.4 Å². The average molecular weight is 327 g/mol. The van der Waals surface area contributed by atoms with E-state index in [-0.39, 0.29) is 23.1 Å². The molecule has 2 bridgehead atoms. The number of ether oxygens (including phenoxy) is 2. The summed E-state index contributed by atoms with van der Waals surface area (Å²) < 4.78 is 10.7. The van der Waals surface area contributed by atoms with Crippen molar-refractivity contribution in [2.75, 3.05) is 12.0 Å². The van der Waals surface area contributed by atoms with Crippen molar-refractivity contribution >= 4 is 23.5 Å². The van der Waals surface area contributed by atoms with Gasteiger partial charge in [-0.1, -0.05) is 24.3 Å². The maximum Gasteiger partial charge on any atom is 0.339 e. The Morgan fingerprint density at radius 1 is 1.08 bits per heavy atom. The zero-order chi connectivity index (χ0) is 17.3. The average Bonchev–Trinajstić information content (AvgIpc) is 3.11. The van der Waals surface area contributed by atoms with E-state index in [1.807, 2.05) is 26.0 Å². The molecule has 6 heteroatoms. The van der Waals surface area contributed by atoms with Crippen molar-refractivity contribution in [1.29, 1.82) is 0 Å². The van der Waals surface area contributed by atoms with Crippen LogP contribution in [0.1, 0.15) is 24.2 Å². The number of nitrogens with zero attached hydrogens (tertiary/aromatic N) is 1. The molecule has 0 unspecified atom stereocenters. The van der Waals surface area contributed by atoms with Crippen LogP contribution in [0.2, 0.25) is 0 Å². The Bertz CT molecular complexity index is 779. The van der Waals surface area contributed by atoms with Crippen LogP contribution in [0, 0.1) is 11.8 Å². The third-order valence-corrected chi connectivity index (χ3v) is 5.28. The first-order chi connectivity index (χ1) is 11.3. The van der Waals surface area contributed by atoms with Gasteiger partial charge in [0.25, 0.3) is 0 Å². The molecule has 2 saturated heterocycles. The fraction of sp³-hybridized carbons (Fsp3) is 0.389. The van der Waals surface area contributed by atoms with Crippen LogP contribution in [-0.2, 0) is 19.1 Å². The lowest BCUT2D eigenvalue weighted by Crippen LogP contribution is -2.40. The first-order valence-electron chi connectivity index (χ1n) is 7.78. The molecule has 4 atom stereocenters. The topological polar surface area (TPSA) is 72.9 Å². The van der Waals surface area contributed by atoms with Gasteiger partial charge in [-0.3, -0.25) is 9.59 Å². The predicted molar refractivity (Wildman–Crippen MR) is 84.3 cm³/mol. The summed E-state index contributed by atoms with van der Waals surface area (Å²) >= 11 is 0. The highest BCUT2D eigenvalue weighted by molar-refractivity contribution is 6.25. The maximum absolute atomic E-state index is 13.0. The smallest absolute Gasteiger partial charge is 0.339 e. The third-order valence-electron chi connectivity index (χ3n) is 5.28. The largest absolute Gasteiger partial charge is 0.465 e. The van der Waals surface area contributed by atoms with Gasteiger partial charge in [-0.2, -0.15) is 0 Å². The molecule has 1 aromatic rings. The van der Waals surface area contributed by atoms with Gasteiger partial charge in [-0.15, -0.1) is 0 Å². The maximum atomic E-state index is 13.0. The molecule has 4 rings (SSSR count). The van der Waals surface area contributed by atoms with Crippen LogP contribution in [0.4, 0.5) is 5.69 Å². The molecule has 0 aromatic heterocycles. The number of anilines is 1. The number of imide groups is 1. The summed E-state index contributed by atoms with van der Waals surface area (Å²) in [7, 11) is 1.27. The Morgan fingerprint density at radius 2 is 1.62 bits per heavy atom. The van der Waals surface area contributed by atoms with Crippen LogP contribution in [0.25, 0.3) is 0 Å². The van der Waals surface area contributed by atoms with E-state index in [1.54, 1.807) is 24.3 Å². The number of methoxy groups -OCH3 is 1. The Labute approximate surface area is 139 Å². The molecule has 0 radical (unpaired) electrons. The minimum Gasteiger partial charge on any atom is -0.465 e. The molecule has 24 heavy (non-hydrogen) atoms. The molecular weight excluding hydrogens is 310 g/mol. The summed E-state index contributed by atoms with van der Waals surface area (Å²) in [5.41, 5.74) is -1.12. The van der Waals surface area contributed by atoms with Gasteiger partial charge in [0.15, 0.2) is 0 Å². The summed E-state index contributed by atoms with van der Waals surface area (Å²) in [6.45, 7) is 3.64. The molecule has 0 spiro atoms. The van der Waals surface area contributed by atoms with Gasteiger partial charge in [0.2, 0.25) is 11.8 Å². The molecule has 0 N–H and O–H groups in total. The highest BCUT2D eigenvalue weighted by atomic mass is 16.5. The van der Waals surface area contributed by atoms with Gasteiger partial charge < -0.3 is 9.47 Å². The zero-order valence-electron chi connectivity index (χ0n) is 13.6. The van der Waals surface area contributed by atoms with E-state index in [0.717, 1.165) is 4.90 Å². The normalized spacial score (nSPS) is 36.4. The number of para-hydroxylation sites is 1. The van der Waals surface area contributed by atoms with Crippen molar-refractivity contribution in [3.8, 4) is 0 Å². The van der Waals surface area contributed by atoms with Crippen molar-refractivity contribution in [3.63, 3.8) is 0 Å². The van der Waals surface area contributed by atoms with Crippen molar-refractivity contribution in [2.45, 2.75) is 25.0 Å². The van der Waals surface area contributed by atoms with E-state index in [1.165, 1.54) is 7.11 Å². The fourth-order valence-electron chi connectivity index (χ4n) is 4.22. The molecule has 1 aromatic carbocycles. The number of fused-ring (bicyclic) bond motifs is 5. The molecule has 6 nitrogen and oxygen atoms in total. The number of benzene rings is 1. The van der Waals surface area contributed by atoms with Crippen LogP contribution in [0.3, 0.4) is 0 Å². The lowest BCUT2D eigenvalue weighted by molar-refractivity contribution is -0.128. The molecule has 3 aliphatic rings. The van der Waals surface area contributed by atoms with E-state index in [9.17, 15) is 14.4 Å². The van der Waals surface area contributed by atoms with E-state index in [4.69, 9.17) is 9.47 Å². The molecular formula is C18H17NO5. The molecule has 3 aliphatic heterocycles. The fourth-order valence-corrected chi connectivity index (χ4v) is 4.22. The SMILES string of the molecule is COC(=O)c1ccccc1N1C(=O)[C@@H]2[C@H](C1=O)[C@@]1(C)C=C[C@@]2(C)O1. The lowest BCUT2D eigenvalue weighted by atomic mass is 9.73. The second-order valence-electron chi connectivity index (χ2n) is 6.78. The van der Waals surface area contributed by atoms with E-state index < -0.39 is 29.0 Å². The van der Waals surface area contributed by atoms with Gasteiger partial charge in [0.05, 0.1) is 41.4 Å². The predicted octanol–water partition coefficient (Wildman–Crippen LogP) is 1.70. The Kier molecular flexibility index (Phi) is 2.85. The lowest BCUT2D eigenvalue weighted by Gasteiger charge is -2.26. The van der Waals surface area contributed by atoms with Gasteiger partial charge in [0.1, 0.15) is 0 Å². The summed E-state index contributed by atoms with van der Waals surface area (Å²) in [6.07, 6.45) is 3.71. The van der Waals surface area contributed by atoms with Gasteiger partial charge in [-0.05, 0) is 26.0 Å². The Morgan fingerprint density at radius 3 is 2.17 bits per heavy atom. The first kappa shape index (κ1) is 15.1. The van der Waals surface area contributed by atoms with Crippen molar-refractivity contribution in [2.24, 2.45) is 11.8 Å². The number of rotatable bonds is 2. The zero-order valence-corrected chi connectivity index (χ0v) is 13.6. The second-order valence-corrected chi connectivity index (χ2v) is 6.78. The highest BCUT2D eigenvalue weighted by Crippen LogP contribution is 2.57. The quantitative estimate of drug-likeness (QED) is 0.470. The standard InChI is InChI=1S/C18H17NO5/c1-17-8-9-18(2,24-17)13-12(17)14(20)19(15(13)21)11-7-5-4-6-10(11)16(22)23-3/h4-9,12-13H,1-3H3/t12-,13+,17-,18-/m1/s1. The van der Waals surface area contributed by atoms with Crippen LogP contribution < -0.4 is 4.90 Å². The van der Waals surface area contributed by atoms with Crippen molar-refractivity contribution < 1.29 is 23.9 Å². The van der Waals surface area contributed by atoms with Crippen LogP contribution in [0.5, 0.6) is 0 Å². The van der Waals surface area contributed by atoms with E-state index in [2.05, 4.69) is 0 Å². The van der Waals surface area contributed by atoms with E-state index >= 15 is 0 Å². The third kappa shape index (κ3) is 1.66. The molecule has 2 amide bonds. The number of amides is 2. The Balaban J connectivity index is 1.83.